The second-order valence-electron chi connectivity index (χ2n) is 8.30. The van der Waals surface area contributed by atoms with Crippen molar-refractivity contribution in [1.29, 1.82) is 0 Å². The van der Waals surface area contributed by atoms with Gasteiger partial charge in [-0.15, -0.1) is 0 Å². The van der Waals surface area contributed by atoms with Gasteiger partial charge >= 0.3 is 5.97 Å². The van der Waals surface area contributed by atoms with Gasteiger partial charge in [-0.1, -0.05) is 48.5 Å². The Bertz CT molecular complexity index is 1280. The number of esters is 1. The predicted molar refractivity (Wildman–Crippen MR) is 118 cm³/mol. The zero-order valence-corrected chi connectivity index (χ0v) is 18.1. The Hall–Kier alpha value is -3.91. The molecule has 2 heterocycles. The Kier molecular flexibility index (Phi) is 5.25. The minimum atomic E-state index is -1.74. The number of nitrogens with zero attached hydrogens (tertiary/aromatic N) is 1. The van der Waals surface area contributed by atoms with Gasteiger partial charge in [0, 0.05) is 11.6 Å². The largest absolute Gasteiger partial charge is 0.467 e. The van der Waals surface area contributed by atoms with E-state index < -0.39 is 52.8 Å². The number of anilines is 1. The van der Waals surface area contributed by atoms with E-state index in [1.54, 1.807) is 36.4 Å². The van der Waals surface area contributed by atoms with Crippen LogP contribution < -0.4 is 10.2 Å². The highest BCUT2D eigenvalue weighted by molar-refractivity contribution is 6.24. The number of halogens is 2. The molecule has 8 heteroatoms. The number of methoxy groups -OCH3 is 1. The lowest BCUT2D eigenvalue weighted by Gasteiger charge is -2.33. The molecule has 0 unspecified atom stereocenters. The fourth-order valence-electron chi connectivity index (χ4n) is 5.18. The van der Waals surface area contributed by atoms with Gasteiger partial charge in [0.2, 0.25) is 11.8 Å². The lowest BCUT2D eigenvalue weighted by Crippen LogP contribution is -2.53. The normalized spacial score (nSPS) is 26.0. The smallest absolute Gasteiger partial charge is 0.331 e. The number of carbonyl (C=O) groups is 3. The number of hydrogen-bond donors (Lipinski definition) is 1. The third-order valence-corrected chi connectivity index (χ3v) is 6.62. The summed E-state index contributed by atoms with van der Waals surface area (Å²) in [5.41, 5.74) is -1.00. The van der Waals surface area contributed by atoms with E-state index in [-0.39, 0.29) is 11.3 Å². The highest BCUT2D eigenvalue weighted by Crippen LogP contribution is 2.54. The molecule has 1 N–H and O–H groups in total. The first-order chi connectivity index (χ1) is 16.4. The molecular weight excluding hydrogens is 442 g/mol. The van der Waals surface area contributed by atoms with Crippen molar-refractivity contribution >= 4 is 23.5 Å². The van der Waals surface area contributed by atoms with Crippen molar-refractivity contribution < 1.29 is 27.9 Å². The summed E-state index contributed by atoms with van der Waals surface area (Å²) < 4.78 is 33.6. The van der Waals surface area contributed by atoms with Crippen LogP contribution in [0.5, 0.6) is 0 Å². The first kappa shape index (κ1) is 21.9. The Morgan fingerprint density at radius 1 is 0.912 bits per heavy atom. The van der Waals surface area contributed by atoms with Crippen LogP contribution in [-0.4, -0.2) is 24.9 Å². The molecule has 3 aromatic rings. The fourth-order valence-corrected chi connectivity index (χ4v) is 5.18. The summed E-state index contributed by atoms with van der Waals surface area (Å²) in [7, 11) is 1.19. The monoisotopic (exact) mass is 462 g/mol. The molecule has 5 rings (SSSR count). The number of nitrogens with one attached hydrogen (secondary N) is 1. The minimum absolute atomic E-state index is 0.154. The molecule has 2 fully saturated rings. The molecule has 0 aromatic heterocycles. The Balaban J connectivity index is 1.74. The Morgan fingerprint density at radius 3 is 2.21 bits per heavy atom. The lowest BCUT2D eigenvalue weighted by atomic mass is 9.75. The summed E-state index contributed by atoms with van der Waals surface area (Å²) in [5, 5.41) is 3.13. The highest BCUT2D eigenvalue weighted by atomic mass is 19.1. The topological polar surface area (TPSA) is 75.7 Å². The van der Waals surface area contributed by atoms with E-state index in [0.29, 0.717) is 5.56 Å². The quantitative estimate of drug-likeness (QED) is 0.475. The van der Waals surface area contributed by atoms with E-state index in [4.69, 9.17) is 4.74 Å². The van der Waals surface area contributed by atoms with E-state index in [0.717, 1.165) is 17.0 Å². The first-order valence-electron chi connectivity index (χ1n) is 10.7. The van der Waals surface area contributed by atoms with Crippen LogP contribution in [0.2, 0.25) is 0 Å². The van der Waals surface area contributed by atoms with E-state index in [2.05, 4.69) is 5.32 Å². The molecule has 6 nitrogen and oxygen atoms in total. The van der Waals surface area contributed by atoms with Gasteiger partial charge < -0.3 is 4.74 Å². The third-order valence-electron chi connectivity index (χ3n) is 6.62. The van der Waals surface area contributed by atoms with Crippen LogP contribution in [0.3, 0.4) is 0 Å². The number of fused-ring (bicyclic) bond motifs is 1. The van der Waals surface area contributed by atoms with Crippen LogP contribution >= 0.6 is 0 Å². The highest BCUT2D eigenvalue weighted by Gasteiger charge is 2.70. The molecule has 2 aliphatic heterocycles. The zero-order chi connectivity index (χ0) is 24.0. The summed E-state index contributed by atoms with van der Waals surface area (Å²) in [4.78, 5) is 41.8. The number of ether oxygens (including phenoxy) is 1. The number of carbonyl (C=O) groups excluding carboxylic acids is 3. The van der Waals surface area contributed by atoms with Crippen LogP contribution in [0.15, 0.2) is 78.9 Å². The summed E-state index contributed by atoms with van der Waals surface area (Å²) >= 11 is 0. The molecule has 34 heavy (non-hydrogen) atoms. The van der Waals surface area contributed by atoms with E-state index in [1.165, 1.54) is 37.4 Å². The van der Waals surface area contributed by atoms with E-state index in [9.17, 15) is 23.2 Å². The maximum Gasteiger partial charge on any atom is 0.331 e. The molecular formula is C26H20F2N2O4. The second-order valence-corrected chi connectivity index (χ2v) is 8.30. The van der Waals surface area contributed by atoms with Gasteiger partial charge in [-0.25, -0.2) is 18.5 Å². The van der Waals surface area contributed by atoms with Crippen molar-refractivity contribution in [3.63, 3.8) is 0 Å². The summed E-state index contributed by atoms with van der Waals surface area (Å²) in [6.07, 6.45) is 0. The molecule has 2 saturated heterocycles. The number of hydrogen-bond acceptors (Lipinski definition) is 5. The zero-order valence-electron chi connectivity index (χ0n) is 18.1. The van der Waals surface area contributed by atoms with Gasteiger partial charge in [0.05, 0.1) is 24.6 Å². The first-order valence-corrected chi connectivity index (χ1v) is 10.7. The molecule has 0 bridgehead atoms. The van der Waals surface area contributed by atoms with Gasteiger partial charge in [-0.05, 0) is 35.9 Å². The fraction of sp³-hybridized carbons (Fsp3) is 0.192. The van der Waals surface area contributed by atoms with Crippen LogP contribution in [0.4, 0.5) is 14.5 Å². The summed E-state index contributed by atoms with van der Waals surface area (Å²) in [6, 6.07) is 18.3. The number of rotatable bonds is 4. The standard InChI is InChI=1S/C26H20F2N2O4/c1-34-25(33)26(15-7-3-2-4-8-15)21-20(22(29-26)18-9-5-6-10-19(18)28)23(31)30(24(21)32)17-13-11-16(27)12-14-17/h2-14,20-22,29H,1H3/t20-,21+,22-,26+/m0/s1. The number of benzene rings is 3. The van der Waals surface area contributed by atoms with Crippen molar-refractivity contribution in [3.05, 3.63) is 102 Å². The molecule has 0 spiro atoms. The number of amides is 2. The molecule has 0 aliphatic carbocycles. The SMILES string of the molecule is COC(=O)[C@]1(c2ccccc2)N[C@@H](c2ccccc2F)[C@H]2C(=O)N(c3ccc(F)cc3)C(=O)[C@@H]21. The van der Waals surface area contributed by atoms with Crippen LogP contribution in [0, 0.1) is 23.5 Å². The molecule has 2 aliphatic rings. The predicted octanol–water partition coefficient (Wildman–Crippen LogP) is 3.48. The van der Waals surface area contributed by atoms with E-state index in [1.807, 2.05) is 0 Å². The Morgan fingerprint density at radius 2 is 1.56 bits per heavy atom. The van der Waals surface area contributed by atoms with Crippen LogP contribution in [-0.2, 0) is 24.7 Å². The molecule has 4 atom stereocenters. The second kappa shape index (κ2) is 8.14. The van der Waals surface area contributed by atoms with Crippen molar-refractivity contribution in [3.8, 4) is 0 Å². The molecule has 0 saturated carbocycles. The van der Waals surface area contributed by atoms with Crippen molar-refractivity contribution in [2.75, 3.05) is 12.0 Å². The van der Waals surface area contributed by atoms with Gasteiger partial charge in [0.15, 0.2) is 5.54 Å². The van der Waals surface area contributed by atoms with Crippen LogP contribution in [0.1, 0.15) is 17.2 Å². The molecule has 172 valence electrons. The molecule has 2 amide bonds. The van der Waals surface area contributed by atoms with Gasteiger partial charge in [0.25, 0.3) is 0 Å². The lowest BCUT2D eigenvalue weighted by molar-refractivity contribution is -0.152. The average Bonchev–Trinajstić information content (AvgIpc) is 3.34. The Labute approximate surface area is 194 Å². The van der Waals surface area contributed by atoms with E-state index >= 15 is 0 Å². The van der Waals surface area contributed by atoms with Gasteiger partial charge in [-0.3, -0.25) is 14.9 Å². The maximum atomic E-state index is 14.9. The van der Waals surface area contributed by atoms with Crippen LogP contribution in [0.25, 0.3) is 0 Å². The summed E-state index contributed by atoms with van der Waals surface area (Å²) in [5.74, 6) is -5.45. The maximum absolute atomic E-state index is 14.9. The average molecular weight is 462 g/mol. The van der Waals surface area contributed by atoms with Gasteiger partial charge in [-0.2, -0.15) is 0 Å². The van der Waals surface area contributed by atoms with Crippen molar-refractivity contribution in [2.24, 2.45) is 11.8 Å². The molecule has 3 aromatic carbocycles. The minimum Gasteiger partial charge on any atom is -0.467 e. The molecule has 0 radical (unpaired) electrons. The van der Waals surface area contributed by atoms with Crippen molar-refractivity contribution in [2.45, 2.75) is 11.6 Å². The number of imide groups is 1. The van der Waals surface area contributed by atoms with Gasteiger partial charge in [0.1, 0.15) is 11.6 Å². The third kappa shape index (κ3) is 3.06. The van der Waals surface area contributed by atoms with Crippen molar-refractivity contribution in [1.82, 2.24) is 5.32 Å². The summed E-state index contributed by atoms with van der Waals surface area (Å²) in [6.45, 7) is 0.